The second-order valence-electron chi connectivity index (χ2n) is 8.00. The van der Waals surface area contributed by atoms with Crippen LogP contribution >= 0.6 is 0 Å². The molecule has 5 heterocycles. The molecular formula is C24H19FN8. The lowest BCUT2D eigenvalue weighted by Gasteiger charge is -2.12. The van der Waals surface area contributed by atoms with Gasteiger partial charge in [0.1, 0.15) is 17.5 Å². The summed E-state index contributed by atoms with van der Waals surface area (Å²) in [6.45, 7) is 4.07. The molecule has 33 heavy (non-hydrogen) atoms. The summed E-state index contributed by atoms with van der Waals surface area (Å²) in [4.78, 5) is 12.3. The van der Waals surface area contributed by atoms with Crippen molar-refractivity contribution in [1.29, 1.82) is 5.26 Å². The minimum absolute atomic E-state index is 0.337. The predicted octanol–water partition coefficient (Wildman–Crippen LogP) is 4.01. The minimum atomic E-state index is -0.337. The van der Waals surface area contributed by atoms with Gasteiger partial charge in [0.2, 0.25) is 0 Å². The number of fused-ring (bicyclic) bond motifs is 4. The van der Waals surface area contributed by atoms with Crippen molar-refractivity contribution in [3.8, 4) is 22.9 Å². The minimum Gasteiger partial charge on any atom is -0.384 e. The first-order valence-electron chi connectivity index (χ1n) is 10.7. The van der Waals surface area contributed by atoms with Gasteiger partial charge in [-0.05, 0) is 25.1 Å². The zero-order valence-corrected chi connectivity index (χ0v) is 17.8. The Morgan fingerprint density at radius 3 is 2.94 bits per heavy atom. The van der Waals surface area contributed by atoms with Gasteiger partial charge in [-0.3, -0.25) is 4.98 Å². The molecular weight excluding hydrogens is 419 g/mol. The van der Waals surface area contributed by atoms with Crippen LogP contribution in [0.15, 0.2) is 43.0 Å². The average molecular weight is 438 g/mol. The van der Waals surface area contributed by atoms with Gasteiger partial charge in [0.05, 0.1) is 33.5 Å². The van der Waals surface area contributed by atoms with E-state index in [0.717, 1.165) is 45.5 Å². The van der Waals surface area contributed by atoms with Crippen LogP contribution in [-0.4, -0.2) is 31.3 Å². The maximum absolute atomic E-state index is 14.7. The molecule has 6 rings (SSSR count). The summed E-state index contributed by atoms with van der Waals surface area (Å²) in [5.41, 5.74) is 6.91. The molecule has 8 nitrogen and oxygen atoms in total. The van der Waals surface area contributed by atoms with Gasteiger partial charge < -0.3 is 15.6 Å². The number of halogens is 1. The second-order valence-corrected chi connectivity index (χ2v) is 8.00. The van der Waals surface area contributed by atoms with Crippen LogP contribution in [0.25, 0.3) is 38.8 Å². The van der Waals surface area contributed by atoms with Gasteiger partial charge in [0.15, 0.2) is 0 Å². The number of nitriles is 1. The lowest BCUT2D eigenvalue weighted by atomic mass is 10.0. The third-order valence-corrected chi connectivity index (χ3v) is 5.93. The number of anilines is 1. The van der Waals surface area contributed by atoms with Crippen molar-refractivity contribution in [3.63, 3.8) is 0 Å². The standard InChI is InChI=1S/C24H19FN8/c1-2-29-19-5-16(25)4-17-21-23(33-12-15-9-28-11-20(15)32-33)18(10-30-24(21)31-22(17)19)14-3-13(6-26)7-27-8-14/h3-5,7-8,10,12,28-29H,2,9,11H2,1H3,(H,30,31). The highest BCUT2D eigenvalue weighted by atomic mass is 19.1. The van der Waals surface area contributed by atoms with Gasteiger partial charge in [-0.25, -0.2) is 14.1 Å². The molecule has 1 aromatic carbocycles. The fraction of sp³-hybridized carbons (Fsp3) is 0.167. The quantitative estimate of drug-likeness (QED) is 0.391. The summed E-state index contributed by atoms with van der Waals surface area (Å²) in [5.74, 6) is -0.337. The van der Waals surface area contributed by atoms with Crippen LogP contribution in [0.4, 0.5) is 10.1 Å². The summed E-state index contributed by atoms with van der Waals surface area (Å²) < 4.78 is 16.5. The molecule has 0 amide bonds. The van der Waals surface area contributed by atoms with E-state index in [2.05, 4.69) is 31.7 Å². The largest absolute Gasteiger partial charge is 0.384 e. The first-order chi connectivity index (χ1) is 16.2. The highest BCUT2D eigenvalue weighted by molar-refractivity contribution is 6.15. The highest BCUT2D eigenvalue weighted by Gasteiger charge is 2.23. The Morgan fingerprint density at radius 2 is 2.12 bits per heavy atom. The normalized spacial score (nSPS) is 12.9. The number of rotatable bonds is 4. The molecule has 0 atom stereocenters. The van der Waals surface area contributed by atoms with E-state index in [1.165, 1.54) is 18.3 Å². The molecule has 162 valence electrons. The van der Waals surface area contributed by atoms with Crippen molar-refractivity contribution >= 4 is 27.6 Å². The molecule has 0 saturated heterocycles. The van der Waals surface area contributed by atoms with Gasteiger partial charge >= 0.3 is 0 Å². The Labute approximate surface area is 188 Å². The maximum Gasteiger partial charge on any atom is 0.140 e. The number of hydrogen-bond donors (Lipinski definition) is 3. The van der Waals surface area contributed by atoms with Crippen molar-refractivity contribution < 1.29 is 4.39 Å². The zero-order chi connectivity index (χ0) is 22.5. The van der Waals surface area contributed by atoms with Crippen LogP contribution in [0.1, 0.15) is 23.7 Å². The van der Waals surface area contributed by atoms with Crippen LogP contribution in [0.3, 0.4) is 0 Å². The molecule has 0 fully saturated rings. The van der Waals surface area contributed by atoms with E-state index in [0.29, 0.717) is 35.4 Å². The molecule has 0 radical (unpaired) electrons. The van der Waals surface area contributed by atoms with E-state index >= 15 is 0 Å². The van der Waals surface area contributed by atoms with Crippen molar-refractivity contribution in [2.75, 3.05) is 11.9 Å². The Bertz CT molecular complexity index is 1570. The number of nitrogens with zero attached hydrogens (tertiary/aromatic N) is 5. The van der Waals surface area contributed by atoms with E-state index in [9.17, 15) is 9.65 Å². The van der Waals surface area contributed by atoms with E-state index in [1.807, 2.05) is 17.8 Å². The Kier molecular flexibility index (Phi) is 4.35. The first-order valence-corrected chi connectivity index (χ1v) is 10.7. The third-order valence-electron chi connectivity index (χ3n) is 5.93. The van der Waals surface area contributed by atoms with E-state index in [4.69, 9.17) is 5.10 Å². The SMILES string of the molecule is CCNc1cc(F)cc2c1[nH]c1ncc(-c3cncc(C#N)c3)c(-n3cc4c(n3)CNC4)c12. The molecule has 0 spiro atoms. The summed E-state index contributed by atoms with van der Waals surface area (Å²) in [7, 11) is 0. The molecule has 3 N–H and O–H groups in total. The van der Waals surface area contributed by atoms with Crippen molar-refractivity contribution in [2.24, 2.45) is 0 Å². The third kappa shape index (κ3) is 3.03. The Balaban J connectivity index is 1.73. The van der Waals surface area contributed by atoms with Gasteiger partial charge in [0, 0.05) is 66.5 Å². The summed E-state index contributed by atoms with van der Waals surface area (Å²) in [6, 6.07) is 6.92. The zero-order valence-electron chi connectivity index (χ0n) is 17.8. The smallest absolute Gasteiger partial charge is 0.140 e. The fourth-order valence-electron chi connectivity index (χ4n) is 4.51. The van der Waals surface area contributed by atoms with E-state index in [1.54, 1.807) is 18.5 Å². The number of aromatic amines is 1. The molecule has 1 aliphatic rings. The summed E-state index contributed by atoms with van der Waals surface area (Å²) in [6.07, 6.45) is 6.97. The molecule has 1 aliphatic heterocycles. The van der Waals surface area contributed by atoms with Gasteiger partial charge in [0.25, 0.3) is 0 Å². The number of H-pyrrole nitrogens is 1. The molecule has 0 aliphatic carbocycles. The predicted molar refractivity (Wildman–Crippen MR) is 123 cm³/mol. The van der Waals surface area contributed by atoms with Crippen LogP contribution in [0.2, 0.25) is 0 Å². The topological polar surface area (TPSA) is 107 Å². The van der Waals surface area contributed by atoms with Crippen LogP contribution in [-0.2, 0) is 13.1 Å². The van der Waals surface area contributed by atoms with Gasteiger partial charge in [-0.1, -0.05) is 0 Å². The first kappa shape index (κ1) is 19.4. The fourth-order valence-corrected chi connectivity index (χ4v) is 4.51. The van der Waals surface area contributed by atoms with Crippen LogP contribution < -0.4 is 10.6 Å². The Hall–Kier alpha value is -4.29. The summed E-state index contributed by atoms with van der Waals surface area (Å²) in [5, 5.41) is 22.2. The molecule has 5 aromatic rings. The number of benzene rings is 1. The number of nitrogens with one attached hydrogen (secondary N) is 3. The second kappa shape index (κ2) is 7.39. The molecule has 0 bridgehead atoms. The lowest BCUT2D eigenvalue weighted by Crippen LogP contribution is -2.06. The van der Waals surface area contributed by atoms with E-state index in [-0.39, 0.29) is 5.82 Å². The lowest BCUT2D eigenvalue weighted by molar-refractivity contribution is 0.630. The number of hydrogen-bond acceptors (Lipinski definition) is 6. The number of pyridine rings is 2. The maximum atomic E-state index is 14.7. The van der Waals surface area contributed by atoms with Crippen LogP contribution in [0.5, 0.6) is 0 Å². The monoisotopic (exact) mass is 438 g/mol. The molecule has 9 heteroatoms. The van der Waals surface area contributed by atoms with Crippen LogP contribution in [0, 0.1) is 17.1 Å². The highest BCUT2D eigenvalue weighted by Crippen LogP contribution is 2.39. The van der Waals surface area contributed by atoms with Crippen molar-refractivity contribution in [2.45, 2.75) is 20.0 Å². The average Bonchev–Trinajstić information content (AvgIpc) is 3.52. The molecule has 4 aromatic heterocycles. The molecule has 0 saturated carbocycles. The Morgan fingerprint density at radius 1 is 1.21 bits per heavy atom. The number of aromatic nitrogens is 5. The van der Waals surface area contributed by atoms with Crippen molar-refractivity contribution in [1.82, 2.24) is 30.0 Å². The van der Waals surface area contributed by atoms with Gasteiger partial charge in [-0.2, -0.15) is 10.4 Å². The van der Waals surface area contributed by atoms with Gasteiger partial charge in [-0.15, -0.1) is 0 Å². The summed E-state index contributed by atoms with van der Waals surface area (Å²) >= 11 is 0. The molecule has 0 unspecified atom stereocenters. The van der Waals surface area contributed by atoms with Crippen molar-refractivity contribution in [3.05, 3.63) is 65.6 Å². The van der Waals surface area contributed by atoms with E-state index < -0.39 is 0 Å².